The fraction of sp³-hybridized carbons (Fsp3) is 0.400. The molecule has 0 N–H and O–H groups in total. The van der Waals surface area contributed by atoms with Crippen molar-refractivity contribution in [2.75, 3.05) is 11.5 Å². The van der Waals surface area contributed by atoms with E-state index in [1.807, 2.05) is 18.3 Å². The van der Waals surface area contributed by atoms with Crippen molar-refractivity contribution in [1.29, 1.82) is 0 Å². The summed E-state index contributed by atoms with van der Waals surface area (Å²) in [7, 11) is -2.82. The monoisotopic (exact) mass is 368 g/mol. The van der Waals surface area contributed by atoms with E-state index in [0.717, 1.165) is 29.7 Å². The number of rotatable bonds is 4. The van der Waals surface area contributed by atoms with Crippen LogP contribution in [0, 0.1) is 5.92 Å². The summed E-state index contributed by atoms with van der Waals surface area (Å²) in [4.78, 5) is 4.40. The fourth-order valence-electron chi connectivity index (χ4n) is 2.75. The third-order valence-electron chi connectivity index (χ3n) is 3.87. The molecule has 1 saturated heterocycles. The number of sulfone groups is 1. The lowest BCUT2D eigenvalue weighted by atomic mass is 10.0. The number of hydrogen-bond acceptors (Lipinski definition) is 3. The van der Waals surface area contributed by atoms with Gasteiger partial charge in [-0.15, -0.1) is 0 Å². The van der Waals surface area contributed by atoms with Gasteiger partial charge in [0.2, 0.25) is 0 Å². The predicted octanol–water partition coefficient (Wildman–Crippen LogP) is 2.67. The molecule has 2 heterocycles. The van der Waals surface area contributed by atoms with Crippen LogP contribution in [-0.4, -0.2) is 29.5 Å². The van der Waals surface area contributed by atoms with Crippen molar-refractivity contribution in [1.82, 2.24) is 9.55 Å². The van der Waals surface area contributed by atoms with Crippen molar-refractivity contribution in [3.63, 3.8) is 0 Å². The van der Waals surface area contributed by atoms with Gasteiger partial charge in [0.1, 0.15) is 5.82 Å². The summed E-state index contributed by atoms with van der Waals surface area (Å²) in [6.07, 6.45) is 5.24. The quantitative estimate of drug-likeness (QED) is 0.833. The van der Waals surface area contributed by atoms with E-state index >= 15 is 0 Å². The van der Waals surface area contributed by atoms with E-state index in [1.54, 1.807) is 6.20 Å². The van der Waals surface area contributed by atoms with Gasteiger partial charge in [0.25, 0.3) is 0 Å². The van der Waals surface area contributed by atoms with Crippen LogP contribution in [0.2, 0.25) is 0 Å². The van der Waals surface area contributed by atoms with Crippen LogP contribution in [0.15, 0.2) is 41.1 Å². The maximum atomic E-state index is 11.5. The zero-order valence-electron chi connectivity index (χ0n) is 11.6. The molecule has 6 heteroatoms. The van der Waals surface area contributed by atoms with Crippen molar-refractivity contribution in [2.24, 2.45) is 5.92 Å². The Balaban J connectivity index is 1.71. The van der Waals surface area contributed by atoms with E-state index in [-0.39, 0.29) is 5.92 Å². The van der Waals surface area contributed by atoms with Gasteiger partial charge in [-0.2, -0.15) is 0 Å². The SMILES string of the molecule is O=S1(=O)CCC(Cc2nccn2Cc2ccc(Br)cc2)C1. The number of hydrogen-bond donors (Lipinski definition) is 0. The van der Waals surface area contributed by atoms with Crippen molar-refractivity contribution in [2.45, 2.75) is 19.4 Å². The van der Waals surface area contributed by atoms with Crippen LogP contribution in [-0.2, 0) is 22.8 Å². The second-order valence-electron chi connectivity index (χ2n) is 5.57. The molecule has 112 valence electrons. The van der Waals surface area contributed by atoms with E-state index in [2.05, 4.69) is 37.6 Å². The van der Waals surface area contributed by atoms with Gasteiger partial charge in [-0.25, -0.2) is 13.4 Å². The molecule has 4 nitrogen and oxygen atoms in total. The zero-order chi connectivity index (χ0) is 14.9. The first kappa shape index (κ1) is 14.8. The molecule has 1 aliphatic heterocycles. The third-order valence-corrected chi connectivity index (χ3v) is 6.23. The summed E-state index contributed by atoms with van der Waals surface area (Å²) < 4.78 is 26.3. The Labute approximate surface area is 133 Å². The predicted molar refractivity (Wildman–Crippen MR) is 85.9 cm³/mol. The lowest BCUT2D eigenvalue weighted by molar-refractivity contribution is 0.551. The minimum absolute atomic E-state index is 0.209. The molecule has 2 aromatic rings. The van der Waals surface area contributed by atoms with E-state index in [4.69, 9.17) is 0 Å². The van der Waals surface area contributed by atoms with Crippen molar-refractivity contribution >= 4 is 25.8 Å². The second-order valence-corrected chi connectivity index (χ2v) is 8.72. The Morgan fingerprint density at radius 1 is 1.29 bits per heavy atom. The first-order valence-electron chi connectivity index (χ1n) is 6.97. The average molecular weight is 369 g/mol. The lowest BCUT2D eigenvalue weighted by Crippen LogP contribution is -2.12. The Morgan fingerprint density at radius 2 is 2.05 bits per heavy atom. The Hall–Kier alpha value is -1.14. The smallest absolute Gasteiger partial charge is 0.150 e. The minimum atomic E-state index is -2.82. The highest BCUT2D eigenvalue weighted by molar-refractivity contribution is 9.10. The molecule has 0 spiro atoms. The van der Waals surface area contributed by atoms with Gasteiger partial charge in [-0.05, 0) is 30.0 Å². The molecule has 1 unspecified atom stereocenters. The Kier molecular flexibility index (Phi) is 4.17. The number of benzene rings is 1. The molecule has 21 heavy (non-hydrogen) atoms. The highest BCUT2D eigenvalue weighted by Gasteiger charge is 2.28. The maximum Gasteiger partial charge on any atom is 0.150 e. The second kappa shape index (κ2) is 5.93. The van der Waals surface area contributed by atoms with Crippen molar-refractivity contribution in [3.8, 4) is 0 Å². The van der Waals surface area contributed by atoms with Crippen LogP contribution in [0.3, 0.4) is 0 Å². The third kappa shape index (κ3) is 3.74. The van der Waals surface area contributed by atoms with Gasteiger partial charge in [0.05, 0.1) is 11.5 Å². The topological polar surface area (TPSA) is 52.0 Å². The molecular formula is C15H17BrN2O2S. The normalized spacial score (nSPS) is 20.7. The highest BCUT2D eigenvalue weighted by atomic mass is 79.9. The molecule has 0 bridgehead atoms. The van der Waals surface area contributed by atoms with Crippen LogP contribution in [0.1, 0.15) is 17.8 Å². The van der Waals surface area contributed by atoms with E-state index in [1.165, 1.54) is 5.56 Å². The molecule has 1 fully saturated rings. The number of imidazole rings is 1. The summed E-state index contributed by atoms with van der Waals surface area (Å²) in [5.74, 6) is 1.81. The van der Waals surface area contributed by atoms with Gasteiger partial charge in [0, 0.05) is 29.8 Å². The van der Waals surface area contributed by atoms with Gasteiger partial charge in [-0.1, -0.05) is 28.1 Å². The summed E-state index contributed by atoms with van der Waals surface area (Å²) in [5.41, 5.74) is 1.21. The van der Waals surface area contributed by atoms with Gasteiger partial charge in [0.15, 0.2) is 9.84 Å². The standard InChI is InChI=1S/C15H17BrN2O2S/c16-14-3-1-12(2-4-14)10-18-7-6-17-15(18)9-13-5-8-21(19,20)11-13/h1-4,6-7,13H,5,8-11H2. The van der Waals surface area contributed by atoms with Gasteiger partial charge < -0.3 is 4.57 Å². The molecule has 1 aromatic carbocycles. The summed E-state index contributed by atoms with van der Waals surface area (Å²) in [6, 6.07) is 8.20. The first-order chi connectivity index (χ1) is 10.0. The molecule has 1 atom stereocenters. The molecular weight excluding hydrogens is 352 g/mol. The van der Waals surface area contributed by atoms with Crippen LogP contribution in [0.4, 0.5) is 0 Å². The van der Waals surface area contributed by atoms with Crippen molar-refractivity contribution < 1.29 is 8.42 Å². The van der Waals surface area contributed by atoms with Crippen LogP contribution < -0.4 is 0 Å². The van der Waals surface area contributed by atoms with Crippen LogP contribution in [0.25, 0.3) is 0 Å². The van der Waals surface area contributed by atoms with Gasteiger partial charge >= 0.3 is 0 Å². The summed E-state index contributed by atoms with van der Waals surface area (Å²) in [6.45, 7) is 0.766. The van der Waals surface area contributed by atoms with E-state index in [0.29, 0.717) is 11.5 Å². The molecule has 0 aliphatic carbocycles. The van der Waals surface area contributed by atoms with E-state index in [9.17, 15) is 8.42 Å². The van der Waals surface area contributed by atoms with Crippen LogP contribution >= 0.6 is 15.9 Å². The molecule has 1 aromatic heterocycles. The number of aromatic nitrogens is 2. The van der Waals surface area contributed by atoms with Gasteiger partial charge in [-0.3, -0.25) is 0 Å². The molecule has 0 amide bonds. The summed E-state index contributed by atoms with van der Waals surface area (Å²) >= 11 is 3.43. The highest BCUT2D eigenvalue weighted by Crippen LogP contribution is 2.22. The lowest BCUT2D eigenvalue weighted by Gasteiger charge is -2.11. The molecule has 0 radical (unpaired) electrons. The Morgan fingerprint density at radius 3 is 2.71 bits per heavy atom. The molecule has 1 aliphatic rings. The first-order valence-corrected chi connectivity index (χ1v) is 9.58. The largest absolute Gasteiger partial charge is 0.331 e. The average Bonchev–Trinajstić information content (AvgIpc) is 3.00. The number of nitrogens with zero attached hydrogens (tertiary/aromatic N) is 2. The van der Waals surface area contributed by atoms with Crippen LogP contribution in [0.5, 0.6) is 0 Å². The van der Waals surface area contributed by atoms with Crippen molar-refractivity contribution in [3.05, 3.63) is 52.5 Å². The minimum Gasteiger partial charge on any atom is -0.331 e. The molecule has 3 rings (SSSR count). The zero-order valence-corrected chi connectivity index (χ0v) is 14.0. The fourth-order valence-corrected chi connectivity index (χ4v) is 4.88. The molecule has 0 saturated carbocycles. The number of halogens is 1. The Bertz CT molecular complexity index is 722. The van der Waals surface area contributed by atoms with E-state index < -0.39 is 9.84 Å². The summed E-state index contributed by atoms with van der Waals surface area (Å²) in [5, 5.41) is 0. The maximum absolute atomic E-state index is 11.5.